The topological polar surface area (TPSA) is 140 Å². The van der Waals surface area contributed by atoms with Gasteiger partial charge < -0.3 is 20.7 Å². The number of benzene rings is 1. The summed E-state index contributed by atoms with van der Waals surface area (Å²) in [5.74, 6) is -0.376. The molecule has 1 fully saturated rings. The summed E-state index contributed by atoms with van der Waals surface area (Å²) in [5, 5.41) is 23.4. The maximum absolute atomic E-state index is 12.1. The van der Waals surface area contributed by atoms with Crippen molar-refractivity contribution in [3.63, 3.8) is 0 Å². The summed E-state index contributed by atoms with van der Waals surface area (Å²) in [5.41, 5.74) is 9.15. The number of anilines is 1. The fraction of sp³-hybridized carbons (Fsp3) is 0.500. The number of piperidine rings is 1. The van der Waals surface area contributed by atoms with Gasteiger partial charge in [-0.15, -0.1) is 0 Å². The van der Waals surface area contributed by atoms with Gasteiger partial charge in [0, 0.05) is 25.7 Å². The Morgan fingerprint density at radius 1 is 1.34 bits per heavy atom. The van der Waals surface area contributed by atoms with Crippen LogP contribution in [0.1, 0.15) is 39.2 Å². The lowest BCUT2D eigenvalue weighted by Gasteiger charge is -2.33. The van der Waals surface area contributed by atoms with Gasteiger partial charge in [-0.1, -0.05) is 12.1 Å². The van der Waals surface area contributed by atoms with Crippen LogP contribution in [0.3, 0.4) is 0 Å². The molecule has 156 valence electrons. The normalized spacial score (nSPS) is 15.5. The summed E-state index contributed by atoms with van der Waals surface area (Å²) in [7, 11) is 0. The van der Waals surface area contributed by atoms with E-state index in [1.807, 2.05) is 45.0 Å². The molecule has 5 N–H and O–H groups in total. The molecule has 1 aromatic carbocycles. The zero-order valence-electron chi connectivity index (χ0n) is 17.2. The number of amides is 1. The van der Waals surface area contributed by atoms with Gasteiger partial charge in [0.1, 0.15) is 11.7 Å². The highest BCUT2D eigenvalue weighted by Crippen LogP contribution is 2.16. The Hall–Kier alpha value is -3.12. The fourth-order valence-electron chi connectivity index (χ4n) is 2.82. The summed E-state index contributed by atoms with van der Waals surface area (Å²) in [4.78, 5) is 13.9. The van der Waals surface area contributed by atoms with Crippen LogP contribution in [0.25, 0.3) is 0 Å². The van der Waals surface area contributed by atoms with Crippen LogP contribution in [0.2, 0.25) is 0 Å². The number of nitrogens with two attached hydrogens (primary N) is 1. The maximum Gasteiger partial charge on any atom is 0.410 e. The van der Waals surface area contributed by atoms with Gasteiger partial charge >= 0.3 is 6.09 Å². The number of nitrogens with one attached hydrogen (secondary N) is 3. The van der Waals surface area contributed by atoms with Crippen LogP contribution < -0.4 is 16.5 Å². The van der Waals surface area contributed by atoms with Gasteiger partial charge in [0.25, 0.3) is 0 Å². The molecule has 29 heavy (non-hydrogen) atoms. The molecule has 9 heteroatoms. The molecule has 9 nitrogen and oxygen atoms in total. The number of carbonyl (C=O) groups is 1. The van der Waals surface area contributed by atoms with E-state index < -0.39 is 5.60 Å². The largest absolute Gasteiger partial charge is 0.444 e. The smallest absolute Gasteiger partial charge is 0.410 e. The third-order valence-corrected chi connectivity index (χ3v) is 4.35. The summed E-state index contributed by atoms with van der Waals surface area (Å²) in [6.07, 6.45) is 1.52. The first-order valence-corrected chi connectivity index (χ1v) is 9.56. The Bertz CT molecular complexity index is 783. The summed E-state index contributed by atoms with van der Waals surface area (Å²) in [6.45, 7) is 7.71. The van der Waals surface area contributed by atoms with Gasteiger partial charge in [-0.05, 0) is 51.3 Å². The second-order valence-electron chi connectivity index (χ2n) is 7.92. The number of amidine groups is 1. The van der Waals surface area contributed by atoms with Gasteiger partial charge in [-0.25, -0.2) is 4.79 Å². The number of likely N-dealkylation sites (tertiary alicyclic amines) is 1. The van der Waals surface area contributed by atoms with Crippen LogP contribution in [-0.4, -0.2) is 47.3 Å². The lowest BCUT2D eigenvalue weighted by atomic mass is 10.0. The number of carbonyl (C=O) groups excluding carboxylic acids is 1. The average Bonchev–Trinajstić information content (AvgIpc) is 2.66. The monoisotopic (exact) mass is 399 g/mol. The second kappa shape index (κ2) is 9.89. The number of ether oxygens (including phenoxy) is 1. The predicted molar refractivity (Wildman–Crippen MR) is 113 cm³/mol. The van der Waals surface area contributed by atoms with Gasteiger partial charge in [0.2, 0.25) is 5.71 Å². The van der Waals surface area contributed by atoms with E-state index in [-0.39, 0.29) is 17.6 Å². The highest BCUT2D eigenvalue weighted by molar-refractivity contribution is 6.45. The summed E-state index contributed by atoms with van der Waals surface area (Å²) >= 11 is 0. The maximum atomic E-state index is 12.1. The number of nitrogens with zero attached hydrogens (tertiary/aromatic N) is 3. The van der Waals surface area contributed by atoms with Crippen LogP contribution >= 0.6 is 0 Å². The quantitative estimate of drug-likeness (QED) is 0.329. The molecule has 1 aromatic rings. The van der Waals surface area contributed by atoms with Crippen molar-refractivity contribution >= 4 is 23.3 Å². The first-order valence-electron chi connectivity index (χ1n) is 9.56. The minimum atomic E-state index is -0.471. The molecule has 2 rings (SSSR count). The molecule has 0 aromatic heterocycles. The van der Waals surface area contributed by atoms with Crippen molar-refractivity contribution in [2.75, 3.05) is 18.5 Å². The highest BCUT2D eigenvalue weighted by Gasteiger charge is 2.26. The van der Waals surface area contributed by atoms with E-state index in [4.69, 9.17) is 21.1 Å². The molecule has 0 saturated carbocycles. The summed E-state index contributed by atoms with van der Waals surface area (Å²) in [6, 6.07) is 9.72. The lowest BCUT2D eigenvalue weighted by Crippen LogP contribution is -2.46. The Labute approximate surface area is 171 Å². The van der Waals surface area contributed by atoms with Crippen molar-refractivity contribution in [2.24, 2.45) is 10.8 Å². The fourth-order valence-corrected chi connectivity index (χ4v) is 2.82. The molecule has 0 spiro atoms. The number of nitriles is 1. The Morgan fingerprint density at radius 2 is 1.97 bits per heavy atom. The Kier molecular flexibility index (Phi) is 7.56. The van der Waals surface area contributed by atoms with E-state index in [9.17, 15) is 4.79 Å². The van der Waals surface area contributed by atoms with E-state index >= 15 is 0 Å². The highest BCUT2D eigenvalue weighted by atomic mass is 16.6. The number of hydrogen-bond donors (Lipinski definition) is 4. The molecule has 0 unspecified atom stereocenters. The van der Waals surface area contributed by atoms with Crippen LogP contribution in [0.5, 0.6) is 0 Å². The van der Waals surface area contributed by atoms with Crippen molar-refractivity contribution in [1.29, 1.82) is 10.7 Å². The zero-order chi connectivity index (χ0) is 21.4. The Morgan fingerprint density at radius 3 is 2.48 bits per heavy atom. The molecule has 1 aliphatic rings. The van der Waals surface area contributed by atoms with E-state index in [2.05, 4.69) is 15.8 Å². The third kappa shape index (κ3) is 7.43. The molecule has 0 radical (unpaired) electrons. The zero-order valence-corrected chi connectivity index (χ0v) is 17.2. The van der Waals surface area contributed by atoms with Crippen molar-refractivity contribution in [1.82, 2.24) is 10.2 Å². The number of hydrogen-bond acceptors (Lipinski definition) is 7. The second-order valence-corrected chi connectivity index (χ2v) is 7.92. The summed E-state index contributed by atoms with van der Waals surface area (Å²) < 4.78 is 5.42. The SMILES string of the molecule is CC(C)(C)OC(=O)N1CCC(NCc2ccc(N/N=C(\C#N)C(=N)N)cc2)CC1. The van der Waals surface area contributed by atoms with E-state index in [1.165, 1.54) is 0 Å². The van der Waals surface area contributed by atoms with Crippen LogP contribution in [0.15, 0.2) is 29.4 Å². The van der Waals surface area contributed by atoms with Crippen LogP contribution in [0, 0.1) is 16.7 Å². The van der Waals surface area contributed by atoms with E-state index in [0.717, 1.165) is 24.9 Å². The van der Waals surface area contributed by atoms with Crippen molar-refractivity contribution in [2.45, 2.75) is 51.8 Å². The lowest BCUT2D eigenvalue weighted by molar-refractivity contribution is 0.0198. The molecule has 1 saturated heterocycles. The molecule has 0 aliphatic carbocycles. The van der Waals surface area contributed by atoms with E-state index in [0.29, 0.717) is 24.8 Å². The third-order valence-electron chi connectivity index (χ3n) is 4.35. The van der Waals surface area contributed by atoms with Gasteiger partial charge in [0.15, 0.2) is 5.84 Å². The molecular formula is C20H29N7O2. The number of rotatable bonds is 6. The minimum absolute atomic E-state index is 0.159. The molecule has 1 heterocycles. The molecule has 0 bridgehead atoms. The van der Waals surface area contributed by atoms with Gasteiger partial charge in [0.05, 0.1) is 5.69 Å². The minimum Gasteiger partial charge on any atom is -0.444 e. The molecule has 1 aliphatic heterocycles. The molecular weight excluding hydrogens is 370 g/mol. The van der Waals surface area contributed by atoms with Crippen molar-refractivity contribution < 1.29 is 9.53 Å². The standard InChI is InChI=1S/C20H29N7O2/c1-20(2,3)29-19(28)27-10-8-15(9-11-27)24-13-14-4-6-16(7-5-14)25-26-17(12-21)18(22)23/h4-7,15,24-25H,8-11,13H2,1-3H3,(H3,22,23)/b26-17+. The van der Waals surface area contributed by atoms with Crippen LogP contribution in [-0.2, 0) is 11.3 Å². The van der Waals surface area contributed by atoms with Crippen LogP contribution in [0.4, 0.5) is 10.5 Å². The Balaban J connectivity index is 1.76. The predicted octanol–water partition coefficient (Wildman–Crippen LogP) is 2.40. The first-order chi connectivity index (χ1) is 13.7. The van der Waals surface area contributed by atoms with Crippen molar-refractivity contribution in [3.8, 4) is 6.07 Å². The van der Waals surface area contributed by atoms with Crippen molar-refractivity contribution in [3.05, 3.63) is 29.8 Å². The number of hydrazone groups is 1. The first kappa shape index (κ1) is 22.2. The molecule has 1 amide bonds. The molecule has 0 atom stereocenters. The van der Waals surface area contributed by atoms with E-state index in [1.54, 1.807) is 11.0 Å². The average molecular weight is 399 g/mol. The van der Waals surface area contributed by atoms with Gasteiger partial charge in [-0.2, -0.15) is 10.4 Å². The van der Waals surface area contributed by atoms with Gasteiger partial charge in [-0.3, -0.25) is 10.8 Å².